The Kier molecular flexibility index (Phi) is 2.44. The van der Waals surface area contributed by atoms with Gasteiger partial charge in [-0.05, 0) is 0 Å². The molecule has 0 fully saturated rings. The van der Waals surface area contributed by atoms with Crippen LogP contribution in [-0.2, 0) is 18.4 Å². The number of carboxylic acid groups (broad SMARTS) is 1. The summed E-state index contributed by atoms with van der Waals surface area (Å²) in [6, 6.07) is 0. The van der Waals surface area contributed by atoms with Gasteiger partial charge in [0.2, 0.25) is 0 Å². The topological polar surface area (TPSA) is 64.3 Å². The molecular weight excluding hydrogens is 160 g/mol. The molecule has 0 spiro atoms. The van der Waals surface area contributed by atoms with E-state index in [1.165, 1.54) is 13.3 Å². The molecule has 0 amide bonds. The Hall–Kier alpha value is -1.36. The van der Waals surface area contributed by atoms with Crippen LogP contribution in [0.25, 0.3) is 0 Å². The molecule has 0 saturated heterocycles. The zero-order chi connectivity index (χ0) is 9.14. The molecule has 1 N–H and O–H groups in total. The summed E-state index contributed by atoms with van der Waals surface area (Å²) in [5.74, 6) is -0.414. The number of aryl methyl sites for hydroxylation is 1. The van der Waals surface area contributed by atoms with E-state index in [-0.39, 0.29) is 5.69 Å². The van der Waals surface area contributed by atoms with Crippen LogP contribution in [0, 0.1) is 0 Å². The van der Waals surface area contributed by atoms with E-state index in [4.69, 9.17) is 9.84 Å². The highest BCUT2D eigenvalue weighted by Gasteiger charge is 2.09. The highest BCUT2D eigenvalue weighted by molar-refractivity contribution is 5.85. The van der Waals surface area contributed by atoms with Gasteiger partial charge in [-0.2, -0.15) is 0 Å². The van der Waals surface area contributed by atoms with Crippen molar-refractivity contribution in [3.63, 3.8) is 0 Å². The largest absolute Gasteiger partial charge is 0.476 e. The highest BCUT2D eigenvalue weighted by atomic mass is 16.5. The molecule has 1 heterocycles. The fourth-order valence-corrected chi connectivity index (χ4v) is 0.871. The molecule has 0 unspecified atom stereocenters. The van der Waals surface area contributed by atoms with Crippen LogP contribution < -0.4 is 0 Å². The minimum atomic E-state index is -1.02. The molecule has 1 aromatic heterocycles. The normalized spacial score (nSPS) is 10.2. The molecule has 1 aromatic rings. The van der Waals surface area contributed by atoms with Crippen molar-refractivity contribution in [1.29, 1.82) is 0 Å². The fourth-order valence-electron chi connectivity index (χ4n) is 0.871. The minimum absolute atomic E-state index is 0.0459. The van der Waals surface area contributed by atoms with E-state index in [1.54, 1.807) is 11.6 Å². The van der Waals surface area contributed by atoms with Crippen LogP contribution in [0.5, 0.6) is 0 Å². The maximum Gasteiger partial charge on any atom is 0.356 e. The van der Waals surface area contributed by atoms with E-state index in [1.807, 2.05) is 0 Å². The lowest BCUT2D eigenvalue weighted by atomic mass is 10.5. The molecule has 0 radical (unpaired) electrons. The first kappa shape index (κ1) is 8.73. The van der Waals surface area contributed by atoms with Gasteiger partial charge in [-0.3, -0.25) is 0 Å². The molecular formula is C7H10N2O3. The number of aromatic carboxylic acids is 1. The van der Waals surface area contributed by atoms with Crippen LogP contribution in [0.1, 0.15) is 16.3 Å². The first-order chi connectivity index (χ1) is 5.65. The highest BCUT2D eigenvalue weighted by Crippen LogP contribution is 2.02. The van der Waals surface area contributed by atoms with Crippen molar-refractivity contribution in [2.45, 2.75) is 6.61 Å². The van der Waals surface area contributed by atoms with Gasteiger partial charge in [-0.25, -0.2) is 9.78 Å². The summed E-state index contributed by atoms with van der Waals surface area (Å²) in [6.07, 6.45) is 1.46. The predicted octanol–water partition coefficient (Wildman–Crippen LogP) is 0.265. The van der Waals surface area contributed by atoms with E-state index in [0.29, 0.717) is 12.4 Å². The summed E-state index contributed by atoms with van der Waals surface area (Å²) in [6.45, 7) is 0.323. The second kappa shape index (κ2) is 3.36. The van der Waals surface area contributed by atoms with Gasteiger partial charge in [-0.15, -0.1) is 0 Å². The van der Waals surface area contributed by atoms with Crippen molar-refractivity contribution >= 4 is 5.97 Å². The first-order valence-electron chi connectivity index (χ1n) is 3.39. The fraction of sp³-hybridized carbons (Fsp3) is 0.429. The SMILES string of the molecule is COCc1nc(C(=O)O)cn1C. The molecule has 1 rings (SSSR count). The quantitative estimate of drug-likeness (QED) is 0.706. The molecule has 5 nitrogen and oxygen atoms in total. The molecule has 66 valence electrons. The van der Waals surface area contributed by atoms with Gasteiger partial charge in [0, 0.05) is 20.4 Å². The van der Waals surface area contributed by atoms with Gasteiger partial charge < -0.3 is 14.4 Å². The lowest BCUT2D eigenvalue weighted by molar-refractivity contribution is 0.0690. The number of aromatic nitrogens is 2. The average molecular weight is 170 g/mol. The number of nitrogens with zero attached hydrogens (tertiary/aromatic N) is 2. The zero-order valence-corrected chi connectivity index (χ0v) is 6.94. The lowest BCUT2D eigenvalue weighted by Crippen LogP contribution is -1.98. The summed E-state index contributed by atoms with van der Waals surface area (Å²) in [4.78, 5) is 14.3. The maximum atomic E-state index is 10.5. The Balaban J connectivity index is 2.92. The number of hydrogen-bond donors (Lipinski definition) is 1. The van der Waals surface area contributed by atoms with Gasteiger partial charge in [0.15, 0.2) is 5.69 Å². The summed E-state index contributed by atoms with van der Waals surface area (Å²) in [7, 11) is 3.27. The lowest BCUT2D eigenvalue weighted by Gasteiger charge is -1.96. The van der Waals surface area contributed by atoms with Crippen molar-refractivity contribution in [2.24, 2.45) is 7.05 Å². The summed E-state index contributed by atoms with van der Waals surface area (Å²) < 4.78 is 6.46. The summed E-state index contributed by atoms with van der Waals surface area (Å²) in [5.41, 5.74) is 0.0459. The van der Waals surface area contributed by atoms with E-state index >= 15 is 0 Å². The second-order valence-electron chi connectivity index (χ2n) is 2.39. The van der Waals surface area contributed by atoms with Crippen LogP contribution in [0.2, 0.25) is 0 Å². The van der Waals surface area contributed by atoms with Crippen molar-refractivity contribution in [2.75, 3.05) is 7.11 Å². The van der Waals surface area contributed by atoms with Gasteiger partial charge >= 0.3 is 5.97 Å². The molecule has 0 aromatic carbocycles. The van der Waals surface area contributed by atoms with Crippen molar-refractivity contribution in [3.05, 3.63) is 17.7 Å². The Morgan fingerprint density at radius 2 is 2.50 bits per heavy atom. The number of carboxylic acids is 1. The third-order valence-electron chi connectivity index (χ3n) is 1.47. The molecule has 0 aliphatic carbocycles. The molecule has 0 saturated carbocycles. The summed E-state index contributed by atoms with van der Waals surface area (Å²) in [5, 5.41) is 8.57. The third-order valence-corrected chi connectivity index (χ3v) is 1.47. The first-order valence-corrected chi connectivity index (χ1v) is 3.39. The van der Waals surface area contributed by atoms with Crippen LogP contribution in [0.4, 0.5) is 0 Å². The standard InChI is InChI=1S/C7H10N2O3/c1-9-3-5(7(10)11)8-6(9)4-12-2/h3H,4H2,1-2H3,(H,10,11). The van der Waals surface area contributed by atoms with Gasteiger partial charge in [0.1, 0.15) is 12.4 Å². The van der Waals surface area contributed by atoms with Crippen LogP contribution >= 0.6 is 0 Å². The number of imidazole rings is 1. The van der Waals surface area contributed by atoms with Crippen LogP contribution in [0.3, 0.4) is 0 Å². The molecule has 5 heteroatoms. The van der Waals surface area contributed by atoms with Crippen molar-refractivity contribution < 1.29 is 14.6 Å². The molecule has 0 atom stereocenters. The van der Waals surface area contributed by atoms with E-state index in [2.05, 4.69) is 4.98 Å². The predicted molar refractivity (Wildman–Crippen MR) is 40.9 cm³/mol. The maximum absolute atomic E-state index is 10.5. The Morgan fingerprint density at radius 3 is 2.92 bits per heavy atom. The Bertz CT molecular complexity index is 293. The van der Waals surface area contributed by atoms with Gasteiger partial charge in [-0.1, -0.05) is 0 Å². The number of rotatable bonds is 3. The Labute approximate surface area is 69.6 Å². The minimum Gasteiger partial charge on any atom is -0.476 e. The van der Waals surface area contributed by atoms with Gasteiger partial charge in [0.05, 0.1) is 0 Å². The molecule has 0 aliphatic heterocycles. The summed E-state index contributed by atoms with van der Waals surface area (Å²) >= 11 is 0. The monoisotopic (exact) mass is 170 g/mol. The van der Waals surface area contributed by atoms with Crippen LogP contribution in [0.15, 0.2) is 6.20 Å². The smallest absolute Gasteiger partial charge is 0.356 e. The number of methoxy groups -OCH3 is 1. The van der Waals surface area contributed by atoms with E-state index < -0.39 is 5.97 Å². The number of carbonyl (C=O) groups is 1. The van der Waals surface area contributed by atoms with E-state index in [0.717, 1.165) is 0 Å². The third kappa shape index (κ3) is 1.62. The van der Waals surface area contributed by atoms with Crippen molar-refractivity contribution in [3.8, 4) is 0 Å². The zero-order valence-electron chi connectivity index (χ0n) is 6.94. The second-order valence-corrected chi connectivity index (χ2v) is 2.39. The molecule has 0 bridgehead atoms. The van der Waals surface area contributed by atoms with E-state index in [9.17, 15) is 4.79 Å². The number of hydrogen-bond acceptors (Lipinski definition) is 3. The average Bonchev–Trinajstić information content (AvgIpc) is 2.34. The van der Waals surface area contributed by atoms with Gasteiger partial charge in [0.25, 0.3) is 0 Å². The van der Waals surface area contributed by atoms with Crippen LogP contribution in [-0.4, -0.2) is 27.7 Å². The number of ether oxygens (including phenoxy) is 1. The molecule has 12 heavy (non-hydrogen) atoms. The molecule has 0 aliphatic rings. The van der Waals surface area contributed by atoms with Crippen molar-refractivity contribution in [1.82, 2.24) is 9.55 Å². The Morgan fingerprint density at radius 1 is 1.83 bits per heavy atom.